The second kappa shape index (κ2) is 37.7. The average molecular weight is 1700 g/mol. The SMILES string of the molecule is O=C(CCCC(F)(F)C(F)(F)C(F)(F)F)O[C@@H]1[C@H](OC(=O)c2ccccc2)[C@@H](OC(=O)c2ccccc2)[C@@H](OC[C@H]2O[C@@H](Oc3ccc(OCCCC(F)(F)C(F)(F)C(F)(F)C(F)(F)C(F)(F)C(F)(F)C(F)(F)C(F)(F)F)cc3)[C@H](OCc3ccccc3)[C@@H](OCc3ccccc3)[C@H]2OCc2ccccc2)O[C@@H]1COCc1ccccc1. The minimum Gasteiger partial charge on any atom is -0.494 e. The first-order valence-corrected chi connectivity index (χ1v) is 35.0. The number of hydrogen-bond acceptors (Lipinski definition) is 15. The summed E-state index contributed by atoms with van der Waals surface area (Å²) in [6.07, 6.45) is -42.2. The average Bonchev–Trinajstić information content (AvgIpc) is 0.694. The molecule has 0 aliphatic carbocycles. The smallest absolute Gasteiger partial charge is 0.460 e. The summed E-state index contributed by atoms with van der Waals surface area (Å²) in [5, 5.41) is 0. The lowest BCUT2D eigenvalue weighted by molar-refractivity contribution is -0.461. The maximum Gasteiger partial charge on any atom is 0.460 e. The van der Waals surface area contributed by atoms with Gasteiger partial charge in [-0.3, -0.25) is 4.79 Å². The summed E-state index contributed by atoms with van der Waals surface area (Å²) < 4.78 is 412. The van der Waals surface area contributed by atoms with Crippen molar-refractivity contribution in [1.29, 1.82) is 0 Å². The molecule has 0 saturated carbocycles. The first-order chi connectivity index (χ1) is 54.9. The van der Waals surface area contributed by atoms with Crippen LogP contribution in [0.1, 0.15) is 75.1 Å². The fraction of sp³-hybridized carbons (Fsp3) is 0.423. The Hall–Kier alpha value is -9.41. The Morgan fingerprint density at radius 3 is 1.15 bits per heavy atom. The lowest BCUT2D eigenvalue weighted by atomic mass is 9.88. The van der Waals surface area contributed by atoms with Crippen molar-refractivity contribution >= 4 is 17.9 Å². The number of esters is 3. The van der Waals surface area contributed by atoms with E-state index in [9.17, 15) is 120 Å². The molecule has 0 bridgehead atoms. The van der Waals surface area contributed by atoms with E-state index in [4.69, 9.17) is 56.8 Å². The number of carbonyl (C=O) groups excluding carboxylic acids is 3. The molecular weight excluding hydrogens is 1630 g/mol. The van der Waals surface area contributed by atoms with Gasteiger partial charge < -0.3 is 56.8 Å². The molecule has 7 aromatic carbocycles. The van der Waals surface area contributed by atoms with Crippen LogP contribution in [0.3, 0.4) is 0 Å². The summed E-state index contributed by atoms with van der Waals surface area (Å²) in [5.74, 6) is -74.8. The second-order valence-electron chi connectivity index (χ2n) is 26.4. The number of rotatable bonds is 39. The van der Waals surface area contributed by atoms with Gasteiger partial charge in [-0.05, 0) is 83.6 Å². The van der Waals surface area contributed by atoms with E-state index in [2.05, 4.69) is 0 Å². The fourth-order valence-corrected chi connectivity index (χ4v) is 11.7. The quantitative estimate of drug-likeness (QED) is 0.0155. The lowest BCUT2D eigenvalue weighted by Gasteiger charge is -2.47. The van der Waals surface area contributed by atoms with Gasteiger partial charge in [0.25, 0.3) is 0 Å². The van der Waals surface area contributed by atoms with Crippen LogP contribution in [0.2, 0.25) is 0 Å². The summed E-state index contributed by atoms with van der Waals surface area (Å²) in [7, 11) is 0. The lowest BCUT2D eigenvalue weighted by Crippen LogP contribution is -2.74. The highest BCUT2D eigenvalue weighted by Crippen LogP contribution is 2.64. The Labute approximate surface area is 649 Å². The van der Waals surface area contributed by atoms with Gasteiger partial charge in [-0.25, -0.2) is 9.59 Å². The topological polar surface area (TPSA) is 162 Å². The molecule has 2 aliphatic rings. The monoisotopic (exact) mass is 1700 g/mol. The maximum absolute atomic E-state index is 14.9. The molecule has 0 N–H and O–H groups in total. The Balaban J connectivity index is 1.07. The Bertz CT molecular complexity index is 4280. The number of halogens is 24. The molecule has 0 radical (unpaired) electrons. The molecule has 638 valence electrons. The molecule has 0 aromatic heterocycles. The standard InChI is InChI=1S/C78H68F24O15/c79-68(80,70(83,84)72(87,88)73(89,90)74(91,92)75(93,94)76(95,96)78(100,101)102)39-20-40-107-53-34-36-54(37-35-53)112-67-62(110-44-50-27-13-4-14-28-50)60(109-43-49-25-11-3-12-26-49)58(108-42-48-23-9-2-10-24-48)56(114-67)46-111-66-63(117-65(105)52-31-17-6-18-32-52)61(116-64(104)51-29-15-5-16-30-51)59(55(113-66)45-106-41-47-21-7-1-8-22-47)115-57(103)33-19-38-69(81,82)71(85,86)77(97,98)99/h1-18,21-32,34-37,55-56,58-63,66-67H,19-20,33,38-46H2/t55-,56-,58+,59+,60+,61+,62-,63-,66+,67-/m1/s1. The molecule has 2 saturated heterocycles. The van der Waals surface area contributed by atoms with E-state index in [-0.39, 0.29) is 43.3 Å². The molecule has 7 aromatic rings. The van der Waals surface area contributed by atoms with Crippen molar-refractivity contribution in [3.05, 3.63) is 240 Å². The number of carbonyl (C=O) groups is 3. The van der Waals surface area contributed by atoms with Gasteiger partial charge in [0, 0.05) is 19.3 Å². The van der Waals surface area contributed by atoms with Gasteiger partial charge >= 0.3 is 83.6 Å². The third kappa shape index (κ3) is 21.2. The third-order valence-corrected chi connectivity index (χ3v) is 18.1. The number of hydrogen-bond donors (Lipinski definition) is 0. The molecule has 2 heterocycles. The molecule has 0 amide bonds. The largest absolute Gasteiger partial charge is 0.494 e. The van der Waals surface area contributed by atoms with Crippen molar-refractivity contribution in [2.24, 2.45) is 0 Å². The Kier molecular flexibility index (Phi) is 29.5. The van der Waals surface area contributed by atoms with Crippen LogP contribution in [0, 0.1) is 0 Å². The van der Waals surface area contributed by atoms with Gasteiger partial charge in [0.15, 0.2) is 24.6 Å². The zero-order valence-corrected chi connectivity index (χ0v) is 60.1. The van der Waals surface area contributed by atoms with Crippen LogP contribution in [0.25, 0.3) is 0 Å². The van der Waals surface area contributed by atoms with Crippen molar-refractivity contribution in [2.75, 3.05) is 19.8 Å². The number of benzene rings is 7. The van der Waals surface area contributed by atoms with E-state index >= 15 is 0 Å². The molecule has 2 fully saturated rings. The summed E-state index contributed by atoms with van der Waals surface area (Å²) in [5.41, 5.74) is 1.72. The van der Waals surface area contributed by atoms with Gasteiger partial charge in [-0.2, -0.15) is 105 Å². The molecule has 9 rings (SSSR count). The molecule has 117 heavy (non-hydrogen) atoms. The van der Waals surface area contributed by atoms with Crippen LogP contribution in [0.5, 0.6) is 11.5 Å². The third-order valence-electron chi connectivity index (χ3n) is 18.1. The summed E-state index contributed by atoms with van der Waals surface area (Å²) in [4.78, 5) is 43.0. The second-order valence-corrected chi connectivity index (χ2v) is 26.4. The van der Waals surface area contributed by atoms with E-state index in [0.29, 0.717) is 22.3 Å². The van der Waals surface area contributed by atoms with Crippen molar-refractivity contribution in [1.82, 2.24) is 0 Å². The minimum atomic E-state index is -8.81. The molecular formula is C78H68F24O15. The van der Waals surface area contributed by atoms with Crippen LogP contribution in [-0.4, -0.2) is 165 Å². The first-order valence-electron chi connectivity index (χ1n) is 35.0. The minimum absolute atomic E-state index is 0.194. The summed E-state index contributed by atoms with van der Waals surface area (Å²) in [6.45, 7) is -3.93. The summed E-state index contributed by atoms with van der Waals surface area (Å²) in [6, 6.07) is 51.0. The van der Waals surface area contributed by atoms with E-state index < -0.39 is 203 Å². The molecule has 2 aliphatic heterocycles. The molecule has 39 heteroatoms. The summed E-state index contributed by atoms with van der Waals surface area (Å²) >= 11 is 0. The Morgan fingerprint density at radius 1 is 0.316 bits per heavy atom. The zero-order valence-electron chi connectivity index (χ0n) is 60.1. The first kappa shape index (κ1) is 91.5. The van der Waals surface area contributed by atoms with Crippen molar-refractivity contribution < 1.29 is 177 Å². The predicted molar refractivity (Wildman–Crippen MR) is 358 cm³/mol. The highest BCUT2D eigenvalue weighted by molar-refractivity contribution is 5.90. The normalized spacial score (nSPS) is 20.9. The van der Waals surface area contributed by atoms with Gasteiger partial charge in [-0.15, -0.1) is 0 Å². The highest BCUT2D eigenvalue weighted by atomic mass is 19.4. The zero-order chi connectivity index (χ0) is 85.6. The van der Waals surface area contributed by atoms with Gasteiger partial charge in [0.05, 0.1) is 57.4 Å². The van der Waals surface area contributed by atoms with Gasteiger partial charge in [0.1, 0.15) is 42.0 Å². The highest BCUT2D eigenvalue weighted by Gasteiger charge is 2.95. The van der Waals surface area contributed by atoms with Crippen LogP contribution in [-0.2, 0) is 78.6 Å². The number of ether oxygens (including phenoxy) is 12. The van der Waals surface area contributed by atoms with Crippen LogP contribution in [0.4, 0.5) is 105 Å². The molecule has 15 nitrogen and oxygen atoms in total. The van der Waals surface area contributed by atoms with E-state index in [1.807, 2.05) is 0 Å². The fourth-order valence-electron chi connectivity index (χ4n) is 11.7. The van der Waals surface area contributed by atoms with Gasteiger partial charge in [0.2, 0.25) is 6.29 Å². The van der Waals surface area contributed by atoms with Crippen LogP contribution in [0.15, 0.2) is 206 Å². The number of alkyl halides is 24. The van der Waals surface area contributed by atoms with E-state index in [0.717, 1.165) is 24.3 Å². The molecule has 10 atom stereocenters. The van der Waals surface area contributed by atoms with Crippen molar-refractivity contribution in [2.45, 2.75) is 186 Å². The molecule has 0 spiro atoms. The maximum atomic E-state index is 14.9. The Morgan fingerprint density at radius 2 is 0.684 bits per heavy atom. The van der Waals surface area contributed by atoms with E-state index in [1.165, 1.54) is 60.7 Å². The predicted octanol–water partition coefficient (Wildman–Crippen LogP) is 19.0. The van der Waals surface area contributed by atoms with Crippen molar-refractivity contribution in [3.8, 4) is 11.5 Å². The van der Waals surface area contributed by atoms with Gasteiger partial charge in [-0.1, -0.05) is 158 Å². The van der Waals surface area contributed by atoms with Crippen LogP contribution >= 0.6 is 0 Å². The van der Waals surface area contributed by atoms with Crippen molar-refractivity contribution in [3.63, 3.8) is 0 Å². The van der Waals surface area contributed by atoms with E-state index in [1.54, 1.807) is 121 Å². The van der Waals surface area contributed by atoms with Crippen LogP contribution < -0.4 is 9.47 Å². The molecule has 0 unspecified atom stereocenters.